The number of alkyl halides is 3. The van der Waals surface area contributed by atoms with Gasteiger partial charge in [-0.15, -0.1) is 25.6 Å². The first kappa shape index (κ1) is 15.4. The lowest BCUT2D eigenvalue weighted by molar-refractivity contribution is -0.274. The smallest absolute Gasteiger partial charge is 0.467 e. The van der Waals surface area contributed by atoms with Gasteiger partial charge >= 0.3 is 6.36 Å². The molecule has 0 radical (unpaired) electrons. The second-order valence-corrected chi connectivity index (χ2v) is 3.61. The van der Waals surface area contributed by atoms with Gasteiger partial charge in [0.15, 0.2) is 0 Å². The normalized spacial score (nSPS) is 12.6. The molecule has 0 saturated carbocycles. The van der Waals surface area contributed by atoms with Gasteiger partial charge in [-0.3, -0.25) is 0 Å². The van der Waals surface area contributed by atoms with E-state index in [2.05, 4.69) is 4.74 Å². The summed E-state index contributed by atoms with van der Waals surface area (Å²) in [5, 5.41) is 0. The van der Waals surface area contributed by atoms with E-state index in [1.165, 1.54) is 30.5 Å². The van der Waals surface area contributed by atoms with Crippen molar-refractivity contribution < 1.29 is 22.3 Å². The maximum atomic E-state index is 12.0. The highest BCUT2D eigenvalue weighted by Crippen LogP contribution is 2.25. The molecule has 104 valence electrons. The number of nitrogens with two attached hydrogens (primary N) is 1. The van der Waals surface area contributed by atoms with E-state index in [1.54, 1.807) is 12.1 Å². The van der Waals surface area contributed by atoms with Crippen molar-refractivity contribution in [1.29, 1.82) is 0 Å². The predicted octanol–water partition coefficient (Wildman–Crippen LogP) is 3.65. The fourth-order valence-electron chi connectivity index (χ4n) is 1.51. The average molecular weight is 294 g/mol. The van der Waals surface area contributed by atoms with Crippen LogP contribution in [0.4, 0.5) is 13.2 Å². The third kappa shape index (κ3) is 4.18. The number of hydrogen-bond acceptors (Lipinski definition) is 3. The highest BCUT2D eigenvalue weighted by Gasteiger charge is 2.31. The third-order valence-corrected chi connectivity index (χ3v) is 2.32. The van der Waals surface area contributed by atoms with Gasteiger partial charge in [0.2, 0.25) is 0 Å². The SMILES string of the molecule is Cl.N[C@@H](c1ccc(OC(F)(F)F)cc1)c1ccco1. The van der Waals surface area contributed by atoms with Crippen molar-refractivity contribution in [3.8, 4) is 5.75 Å². The minimum Gasteiger partial charge on any atom is -0.467 e. The molecule has 0 saturated heterocycles. The van der Waals surface area contributed by atoms with Gasteiger partial charge in [-0.1, -0.05) is 12.1 Å². The van der Waals surface area contributed by atoms with Crippen LogP contribution in [0.25, 0.3) is 0 Å². The summed E-state index contributed by atoms with van der Waals surface area (Å²) in [4.78, 5) is 0. The molecule has 0 aliphatic rings. The Hall–Kier alpha value is -1.66. The summed E-state index contributed by atoms with van der Waals surface area (Å²) in [7, 11) is 0. The van der Waals surface area contributed by atoms with Gasteiger partial charge in [-0.25, -0.2) is 0 Å². The van der Waals surface area contributed by atoms with Crippen LogP contribution >= 0.6 is 12.4 Å². The van der Waals surface area contributed by atoms with Crippen LogP contribution in [-0.4, -0.2) is 6.36 Å². The average Bonchev–Trinajstić information content (AvgIpc) is 2.80. The molecule has 0 unspecified atom stereocenters. The maximum absolute atomic E-state index is 12.0. The molecule has 2 aromatic rings. The van der Waals surface area contributed by atoms with Gasteiger partial charge in [0.1, 0.15) is 11.5 Å². The topological polar surface area (TPSA) is 48.4 Å². The van der Waals surface area contributed by atoms with Gasteiger partial charge < -0.3 is 14.9 Å². The van der Waals surface area contributed by atoms with Crippen LogP contribution in [0.1, 0.15) is 17.4 Å². The molecule has 1 heterocycles. The zero-order valence-electron chi connectivity index (χ0n) is 9.55. The Bertz CT molecular complexity index is 497. The minimum absolute atomic E-state index is 0. The number of halogens is 4. The lowest BCUT2D eigenvalue weighted by atomic mass is 10.1. The quantitative estimate of drug-likeness (QED) is 0.939. The number of hydrogen-bond donors (Lipinski definition) is 1. The Morgan fingerprint density at radius 1 is 1.11 bits per heavy atom. The zero-order chi connectivity index (χ0) is 13.2. The number of ether oxygens (including phenoxy) is 1. The molecular weight excluding hydrogens is 283 g/mol. The van der Waals surface area contributed by atoms with E-state index in [0.29, 0.717) is 11.3 Å². The van der Waals surface area contributed by atoms with Crippen molar-refractivity contribution in [1.82, 2.24) is 0 Å². The number of furan rings is 1. The minimum atomic E-state index is -4.69. The van der Waals surface area contributed by atoms with E-state index < -0.39 is 12.4 Å². The van der Waals surface area contributed by atoms with Crippen LogP contribution in [0.3, 0.4) is 0 Å². The van der Waals surface area contributed by atoms with Crippen molar-refractivity contribution in [3.05, 3.63) is 54.0 Å². The highest BCUT2D eigenvalue weighted by atomic mass is 35.5. The molecule has 2 N–H and O–H groups in total. The summed E-state index contributed by atoms with van der Waals surface area (Å²) in [6.45, 7) is 0. The van der Waals surface area contributed by atoms with Crippen LogP contribution < -0.4 is 10.5 Å². The van der Waals surface area contributed by atoms with E-state index >= 15 is 0 Å². The van der Waals surface area contributed by atoms with Crippen molar-refractivity contribution >= 4 is 12.4 Å². The summed E-state index contributed by atoms with van der Waals surface area (Å²) in [6, 6.07) is 8.24. The zero-order valence-corrected chi connectivity index (χ0v) is 10.4. The van der Waals surface area contributed by atoms with E-state index in [-0.39, 0.29) is 18.2 Å². The molecule has 0 bridgehead atoms. The fourth-order valence-corrected chi connectivity index (χ4v) is 1.51. The molecule has 19 heavy (non-hydrogen) atoms. The molecule has 0 spiro atoms. The van der Waals surface area contributed by atoms with E-state index in [4.69, 9.17) is 10.2 Å². The molecule has 1 aromatic carbocycles. The summed E-state index contributed by atoms with van der Waals surface area (Å²) in [6.07, 6.45) is -3.21. The lowest BCUT2D eigenvalue weighted by Crippen LogP contribution is -2.17. The first-order chi connectivity index (χ1) is 8.46. The molecule has 1 atom stereocenters. The van der Waals surface area contributed by atoms with Gasteiger partial charge in [0.25, 0.3) is 0 Å². The second-order valence-electron chi connectivity index (χ2n) is 3.61. The Morgan fingerprint density at radius 3 is 2.21 bits per heavy atom. The van der Waals surface area contributed by atoms with Crippen molar-refractivity contribution in [2.75, 3.05) is 0 Å². The summed E-state index contributed by atoms with van der Waals surface area (Å²) in [5.41, 5.74) is 6.52. The molecule has 7 heteroatoms. The second kappa shape index (κ2) is 5.99. The molecule has 0 aliphatic carbocycles. The Balaban J connectivity index is 0.00000180. The summed E-state index contributed by atoms with van der Waals surface area (Å²) in [5.74, 6) is 0.261. The van der Waals surface area contributed by atoms with Crippen LogP contribution in [0.5, 0.6) is 5.75 Å². The Labute approximate surface area is 113 Å². The van der Waals surface area contributed by atoms with Crippen LogP contribution in [-0.2, 0) is 0 Å². The molecule has 3 nitrogen and oxygen atoms in total. The summed E-state index contributed by atoms with van der Waals surface area (Å²) < 4.78 is 44.8. The number of rotatable bonds is 3. The largest absolute Gasteiger partial charge is 0.573 e. The van der Waals surface area contributed by atoms with Crippen molar-refractivity contribution in [3.63, 3.8) is 0 Å². The van der Waals surface area contributed by atoms with Crippen LogP contribution in [0.2, 0.25) is 0 Å². The van der Waals surface area contributed by atoms with Gasteiger partial charge in [0.05, 0.1) is 12.3 Å². The predicted molar refractivity (Wildman–Crippen MR) is 65.1 cm³/mol. The van der Waals surface area contributed by atoms with Gasteiger partial charge in [-0.05, 0) is 29.8 Å². The molecule has 0 aliphatic heterocycles. The molecular formula is C12H11ClF3NO2. The van der Waals surface area contributed by atoms with E-state index in [1.807, 2.05) is 0 Å². The standard InChI is InChI=1S/C12H10F3NO2.ClH/c13-12(14,15)18-9-5-3-8(4-6-9)11(16)10-2-1-7-17-10;/h1-7,11H,16H2;1H/t11-;/m0./s1. The molecule has 0 amide bonds. The summed E-state index contributed by atoms with van der Waals surface area (Å²) >= 11 is 0. The van der Waals surface area contributed by atoms with E-state index in [9.17, 15) is 13.2 Å². The Morgan fingerprint density at radius 2 is 1.74 bits per heavy atom. The van der Waals surface area contributed by atoms with E-state index in [0.717, 1.165) is 0 Å². The monoisotopic (exact) mass is 293 g/mol. The lowest BCUT2D eigenvalue weighted by Gasteiger charge is -2.11. The molecule has 1 aromatic heterocycles. The molecule has 0 fully saturated rings. The first-order valence-corrected chi connectivity index (χ1v) is 5.10. The number of benzene rings is 1. The van der Waals surface area contributed by atoms with Crippen molar-refractivity contribution in [2.45, 2.75) is 12.4 Å². The third-order valence-electron chi connectivity index (χ3n) is 2.32. The maximum Gasteiger partial charge on any atom is 0.573 e. The van der Waals surface area contributed by atoms with Crippen LogP contribution in [0, 0.1) is 0 Å². The van der Waals surface area contributed by atoms with Gasteiger partial charge in [-0.2, -0.15) is 0 Å². The fraction of sp³-hybridized carbons (Fsp3) is 0.167. The Kier molecular flexibility index (Phi) is 4.85. The first-order valence-electron chi connectivity index (χ1n) is 5.10. The van der Waals surface area contributed by atoms with Gasteiger partial charge in [0, 0.05) is 0 Å². The highest BCUT2D eigenvalue weighted by molar-refractivity contribution is 5.85. The van der Waals surface area contributed by atoms with Crippen molar-refractivity contribution in [2.24, 2.45) is 5.73 Å². The van der Waals surface area contributed by atoms with Crippen LogP contribution in [0.15, 0.2) is 47.1 Å². The molecule has 2 rings (SSSR count).